The predicted octanol–water partition coefficient (Wildman–Crippen LogP) is 4.07. The van der Waals surface area contributed by atoms with Crippen molar-refractivity contribution in [1.82, 2.24) is 0 Å². The number of carbonyl (C=O) groups excluding carboxylic acids is 1. The molecule has 29 heavy (non-hydrogen) atoms. The van der Waals surface area contributed by atoms with E-state index in [1.165, 1.54) is 17.0 Å². The molecule has 3 nitrogen and oxygen atoms in total. The van der Waals surface area contributed by atoms with Crippen LogP contribution in [0.1, 0.15) is 25.3 Å². The highest BCUT2D eigenvalue weighted by Gasteiger charge is 2.39. The van der Waals surface area contributed by atoms with Gasteiger partial charge in [-0.1, -0.05) is 60.7 Å². The molecular weight excluding hydrogens is 363 g/mol. The van der Waals surface area contributed by atoms with E-state index < -0.39 is 0 Å². The van der Waals surface area contributed by atoms with Crippen LogP contribution in [0, 0.1) is 5.82 Å². The van der Waals surface area contributed by atoms with Crippen molar-refractivity contribution in [1.29, 1.82) is 0 Å². The van der Waals surface area contributed by atoms with Gasteiger partial charge in [0.2, 0.25) is 0 Å². The highest BCUT2D eigenvalue weighted by atomic mass is 19.1. The molecule has 0 radical (unpaired) electrons. The topological polar surface area (TPSA) is 33.5 Å². The molecule has 2 atom stereocenters. The normalized spacial score (nSPS) is 15.5. The van der Waals surface area contributed by atoms with E-state index in [2.05, 4.69) is 5.32 Å². The molecule has 1 aliphatic rings. The Bertz CT molecular complexity index is 968. The maximum atomic E-state index is 13.2. The van der Waals surface area contributed by atoms with Gasteiger partial charge in [0.05, 0.1) is 6.04 Å². The van der Waals surface area contributed by atoms with Crippen LogP contribution in [0.3, 0.4) is 0 Å². The van der Waals surface area contributed by atoms with E-state index >= 15 is 0 Å². The first kappa shape index (κ1) is 19.3. The monoisotopic (exact) mass is 389 g/mol. The number of nitrogens with one attached hydrogen (secondary N) is 2. The summed E-state index contributed by atoms with van der Waals surface area (Å²) < 4.78 is 13.2. The van der Waals surface area contributed by atoms with Gasteiger partial charge in [0.15, 0.2) is 6.04 Å². The Kier molecular flexibility index (Phi) is 5.72. The van der Waals surface area contributed by atoms with E-state index in [9.17, 15) is 9.18 Å². The Balaban J connectivity index is 1.51. The Morgan fingerprint density at radius 3 is 2.34 bits per heavy atom. The SMILES string of the molecule is C[C@H](C(=O)Nc1ccccc1-c1ccccc1)[NH+](Cc1ccc(F)cc1)C1CC1. The second-order valence-electron chi connectivity index (χ2n) is 7.77. The largest absolute Gasteiger partial charge is 0.320 e. The van der Waals surface area contributed by atoms with Crippen LogP contribution >= 0.6 is 0 Å². The molecule has 3 aromatic carbocycles. The van der Waals surface area contributed by atoms with E-state index in [0.717, 1.165) is 41.8 Å². The summed E-state index contributed by atoms with van der Waals surface area (Å²) in [6.07, 6.45) is 2.27. The molecule has 4 heteroatoms. The van der Waals surface area contributed by atoms with Crippen LogP contribution in [0.2, 0.25) is 0 Å². The van der Waals surface area contributed by atoms with Gasteiger partial charge < -0.3 is 10.2 Å². The Labute approximate surface area is 171 Å². The summed E-state index contributed by atoms with van der Waals surface area (Å²) in [4.78, 5) is 14.4. The predicted molar refractivity (Wildman–Crippen MR) is 114 cm³/mol. The molecule has 1 unspecified atom stereocenters. The van der Waals surface area contributed by atoms with Crippen molar-refractivity contribution < 1.29 is 14.1 Å². The zero-order valence-corrected chi connectivity index (χ0v) is 16.6. The Morgan fingerprint density at radius 1 is 1.00 bits per heavy atom. The van der Waals surface area contributed by atoms with E-state index in [-0.39, 0.29) is 17.8 Å². The second-order valence-corrected chi connectivity index (χ2v) is 7.77. The van der Waals surface area contributed by atoms with Crippen LogP contribution in [0.15, 0.2) is 78.9 Å². The van der Waals surface area contributed by atoms with Gasteiger partial charge in [0, 0.05) is 29.7 Å². The molecular formula is C25H26FN2O+. The van der Waals surface area contributed by atoms with Crippen LogP contribution in [-0.4, -0.2) is 18.0 Å². The van der Waals surface area contributed by atoms with Gasteiger partial charge in [-0.3, -0.25) is 4.79 Å². The fourth-order valence-electron chi connectivity index (χ4n) is 3.81. The van der Waals surface area contributed by atoms with Gasteiger partial charge in [-0.15, -0.1) is 0 Å². The maximum Gasteiger partial charge on any atom is 0.282 e. The van der Waals surface area contributed by atoms with Gasteiger partial charge in [-0.05, 0) is 30.7 Å². The van der Waals surface area contributed by atoms with Crippen LogP contribution < -0.4 is 10.2 Å². The van der Waals surface area contributed by atoms with Crippen LogP contribution in [0.4, 0.5) is 10.1 Å². The number of halogens is 1. The number of anilines is 1. The molecule has 1 saturated carbocycles. The van der Waals surface area contributed by atoms with Crippen LogP contribution in [0.5, 0.6) is 0 Å². The number of carbonyl (C=O) groups is 1. The first-order valence-corrected chi connectivity index (χ1v) is 10.2. The molecule has 3 aromatic rings. The molecule has 1 fully saturated rings. The minimum Gasteiger partial charge on any atom is -0.320 e. The van der Waals surface area contributed by atoms with E-state index in [1.54, 1.807) is 0 Å². The lowest BCUT2D eigenvalue weighted by atomic mass is 10.0. The average molecular weight is 389 g/mol. The first-order chi connectivity index (χ1) is 14.1. The summed E-state index contributed by atoms with van der Waals surface area (Å²) in [5.74, 6) is -0.220. The number of amides is 1. The molecule has 148 valence electrons. The van der Waals surface area contributed by atoms with Crippen molar-refractivity contribution in [2.75, 3.05) is 5.32 Å². The minimum atomic E-state index is -0.231. The van der Waals surface area contributed by atoms with Crippen molar-refractivity contribution in [2.24, 2.45) is 0 Å². The summed E-state index contributed by atoms with van der Waals surface area (Å²) in [5, 5.41) is 3.15. The number of quaternary nitrogens is 1. The molecule has 4 rings (SSSR count). The van der Waals surface area contributed by atoms with Crippen LogP contribution in [-0.2, 0) is 11.3 Å². The Morgan fingerprint density at radius 2 is 1.66 bits per heavy atom. The molecule has 0 saturated heterocycles. The van der Waals surface area contributed by atoms with Gasteiger partial charge in [0.1, 0.15) is 12.4 Å². The summed E-state index contributed by atoms with van der Waals surface area (Å²) in [6.45, 7) is 2.71. The lowest BCUT2D eigenvalue weighted by Crippen LogP contribution is -3.16. The number of hydrogen-bond donors (Lipinski definition) is 2. The zero-order chi connectivity index (χ0) is 20.2. The summed E-state index contributed by atoms with van der Waals surface area (Å²) in [5.41, 5.74) is 3.97. The third-order valence-corrected chi connectivity index (χ3v) is 5.64. The lowest BCUT2D eigenvalue weighted by molar-refractivity contribution is -0.938. The van der Waals surface area contributed by atoms with Gasteiger partial charge in [-0.25, -0.2) is 4.39 Å². The van der Waals surface area contributed by atoms with E-state index in [1.807, 2.05) is 73.7 Å². The summed E-state index contributed by atoms with van der Waals surface area (Å²) in [6, 6.07) is 24.9. The summed E-state index contributed by atoms with van der Waals surface area (Å²) >= 11 is 0. The van der Waals surface area contributed by atoms with Crippen molar-refractivity contribution >= 4 is 11.6 Å². The number of rotatable bonds is 7. The highest BCUT2D eigenvalue weighted by molar-refractivity contribution is 5.97. The fourth-order valence-corrected chi connectivity index (χ4v) is 3.81. The maximum absolute atomic E-state index is 13.2. The van der Waals surface area contributed by atoms with Crippen molar-refractivity contribution in [3.8, 4) is 11.1 Å². The highest BCUT2D eigenvalue weighted by Crippen LogP contribution is 2.27. The molecule has 0 heterocycles. The van der Waals surface area contributed by atoms with Gasteiger partial charge in [-0.2, -0.15) is 0 Å². The van der Waals surface area contributed by atoms with Crippen molar-refractivity contribution in [3.63, 3.8) is 0 Å². The van der Waals surface area contributed by atoms with E-state index in [4.69, 9.17) is 0 Å². The molecule has 0 spiro atoms. The fraction of sp³-hybridized carbons (Fsp3) is 0.240. The second kappa shape index (κ2) is 8.58. The molecule has 1 aliphatic carbocycles. The van der Waals surface area contributed by atoms with Crippen molar-refractivity contribution in [2.45, 2.75) is 38.4 Å². The van der Waals surface area contributed by atoms with E-state index in [0.29, 0.717) is 6.04 Å². The molecule has 0 bridgehead atoms. The lowest BCUT2D eigenvalue weighted by Gasteiger charge is -2.26. The van der Waals surface area contributed by atoms with Crippen LogP contribution in [0.25, 0.3) is 11.1 Å². The average Bonchev–Trinajstić information content (AvgIpc) is 3.59. The first-order valence-electron chi connectivity index (χ1n) is 10.2. The third-order valence-electron chi connectivity index (χ3n) is 5.64. The Hall–Kier alpha value is -2.98. The molecule has 1 amide bonds. The number of para-hydroxylation sites is 1. The number of hydrogen-bond acceptors (Lipinski definition) is 1. The third kappa shape index (κ3) is 4.72. The standard InChI is InChI=1S/C25H25FN2O/c1-18(28(22-15-16-22)17-19-11-13-21(26)14-12-19)25(29)27-24-10-6-5-9-23(24)20-7-3-2-4-8-20/h2-14,18,22H,15-17H2,1H3,(H,27,29)/p+1/t18-/m1/s1. The van der Waals surface area contributed by atoms with Gasteiger partial charge >= 0.3 is 0 Å². The van der Waals surface area contributed by atoms with Crippen molar-refractivity contribution in [3.05, 3.63) is 90.2 Å². The van der Waals surface area contributed by atoms with Gasteiger partial charge in [0.25, 0.3) is 5.91 Å². The number of benzene rings is 3. The quantitative estimate of drug-likeness (QED) is 0.628. The summed E-state index contributed by atoms with van der Waals surface area (Å²) in [7, 11) is 0. The minimum absolute atomic E-state index is 0.0115. The smallest absolute Gasteiger partial charge is 0.282 e. The molecule has 2 N–H and O–H groups in total. The zero-order valence-electron chi connectivity index (χ0n) is 16.6. The molecule has 0 aliphatic heterocycles. The molecule has 0 aromatic heterocycles.